The average molecular weight is 402 g/mol. The summed E-state index contributed by atoms with van der Waals surface area (Å²) < 4.78 is 87.9. The topological polar surface area (TPSA) is 0 Å². The molecule has 0 aliphatic heterocycles. The second-order valence-electron chi connectivity index (χ2n) is 8.57. The fraction of sp³-hybridized carbons (Fsp3) is 0.636. The number of fused-ring (bicyclic) bond motifs is 3. The maximum absolute atomic E-state index is 15.2. The van der Waals surface area contributed by atoms with Crippen molar-refractivity contribution in [3.63, 3.8) is 0 Å². The first-order valence-electron chi connectivity index (χ1n) is 10.1. The van der Waals surface area contributed by atoms with Crippen molar-refractivity contribution in [1.29, 1.82) is 0 Å². The normalized spacial score (nSPS) is 30.2. The molecule has 28 heavy (non-hydrogen) atoms. The van der Waals surface area contributed by atoms with Gasteiger partial charge in [-0.3, -0.25) is 0 Å². The number of rotatable bonds is 3. The standard InChI is InChI=1S/C22H24F6/c1-2-4-12-6-8-13(9-7-12)16-11-15-14-5-3-10-21(25,26)17(14)19(23)20(24)18(15)22(16,27)28/h3,10,12-13,16H,2,4-9,11H2,1H3. The van der Waals surface area contributed by atoms with E-state index in [0.29, 0.717) is 24.8 Å². The summed E-state index contributed by atoms with van der Waals surface area (Å²) in [6.45, 7) is 2.10. The van der Waals surface area contributed by atoms with E-state index < -0.39 is 40.5 Å². The van der Waals surface area contributed by atoms with Gasteiger partial charge in [0, 0.05) is 5.92 Å². The lowest BCUT2D eigenvalue weighted by atomic mass is 9.73. The van der Waals surface area contributed by atoms with E-state index in [0.717, 1.165) is 31.8 Å². The van der Waals surface area contributed by atoms with Gasteiger partial charge in [0.1, 0.15) is 0 Å². The molecular formula is C22H24F6. The molecule has 0 amide bonds. The zero-order valence-electron chi connectivity index (χ0n) is 15.8. The molecule has 1 aromatic carbocycles. The van der Waals surface area contributed by atoms with Gasteiger partial charge in [0.25, 0.3) is 11.8 Å². The summed E-state index contributed by atoms with van der Waals surface area (Å²) in [6, 6.07) is 0. The molecule has 1 atom stereocenters. The Balaban J connectivity index is 1.71. The summed E-state index contributed by atoms with van der Waals surface area (Å²) in [6.07, 6.45) is 6.54. The Morgan fingerprint density at radius 3 is 2.21 bits per heavy atom. The van der Waals surface area contributed by atoms with Gasteiger partial charge in [-0.05, 0) is 54.7 Å². The van der Waals surface area contributed by atoms with Gasteiger partial charge in [0.15, 0.2) is 11.6 Å². The molecule has 154 valence electrons. The molecule has 4 rings (SSSR count). The largest absolute Gasteiger partial charge is 0.294 e. The van der Waals surface area contributed by atoms with Crippen LogP contribution in [0.15, 0.2) is 12.2 Å². The van der Waals surface area contributed by atoms with Gasteiger partial charge in [0.2, 0.25) is 0 Å². The second kappa shape index (κ2) is 6.81. The van der Waals surface area contributed by atoms with Crippen LogP contribution < -0.4 is 0 Å². The molecule has 0 aromatic heterocycles. The van der Waals surface area contributed by atoms with E-state index in [-0.39, 0.29) is 29.9 Å². The Labute approximate surface area is 161 Å². The van der Waals surface area contributed by atoms with Crippen LogP contribution in [-0.4, -0.2) is 0 Å². The summed E-state index contributed by atoms with van der Waals surface area (Å²) in [5.41, 5.74) is -2.28. The minimum absolute atomic E-state index is 0.0729. The number of halogens is 6. The van der Waals surface area contributed by atoms with Gasteiger partial charge in [-0.25, -0.2) is 17.6 Å². The zero-order valence-corrected chi connectivity index (χ0v) is 15.8. The van der Waals surface area contributed by atoms with Gasteiger partial charge in [-0.2, -0.15) is 8.78 Å². The molecule has 3 aliphatic rings. The van der Waals surface area contributed by atoms with Gasteiger partial charge >= 0.3 is 0 Å². The fourth-order valence-corrected chi connectivity index (χ4v) is 5.62. The SMILES string of the molecule is CCCC1CCC(C2Cc3c4c(c(F)c(F)c3C2(F)F)C(F)(F)C=CC4)CC1. The highest BCUT2D eigenvalue weighted by atomic mass is 19.3. The minimum atomic E-state index is -3.68. The number of allylic oxidation sites excluding steroid dienone is 2. The van der Waals surface area contributed by atoms with Crippen molar-refractivity contribution >= 4 is 0 Å². The zero-order chi connectivity index (χ0) is 20.3. The van der Waals surface area contributed by atoms with Crippen molar-refractivity contribution in [3.05, 3.63) is 46.0 Å². The Bertz CT molecular complexity index is 802. The summed E-state index contributed by atoms with van der Waals surface area (Å²) in [5, 5.41) is 0. The van der Waals surface area contributed by atoms with E-state index in [2.05, 4.69) is 6.92 Å². The maximum Gasteiger partial charge on any atom is 0.294 e. The number of hydrogen-bond acceptors (Lipinski definition) is 0. The molecule has 0 bridgehead atoms. The summed E-state index contributed by atoms with van der Waals surface area (Å²) in [5.74, 6) is -11.7. The van der Waals surface area contributed by atoms with Crippen molar-refractivity contribution in [1.82, 2.24) is 0 Å². The van der Waals surface area contributed by atoms with Crippen molar-refractivity contribution in [3.8, 4) is 0 Å². The number of alkyl halides is 4. The third-order valence-corrected chi connectivity index (χ3v) is 6.96. The highest BCUT2D eigenvalue weighted by Crippen LogP contribution is 2.56. The first kappa shape index (κ1) is 19.8. The van der Waals surface area contributed by atoms with Gasteiger partial charge in [0.05, 0.1) is 11.1 Å². The molecule has 0 spiro atoms. The molecule has 1 fully saturated rings. The minimum Gasteiger partial charge on any atom is -0.203 e. The van der Waals surface area contributed by atoms with Crippen LogP contribution in [0.1, 0.15) is 67.7 Å². The van der Waals surface area contributed by atoms with Crippen LogP contribution in [0.2, 0.25) is 0 Å². The average Bonchev–Trinajstić information content (AvgIpc) is 2.91. The quantitative estimate of drug-likeness (QED) is 0.376. The van der Waals surface area contributed by atoms with E-state index in [9.17, 15) is 17.6 Å². The third kappa shape index (κ3) is 2.89. The van der Waals surface area contributed by atoms with Gasteiger partial charge in [-0.1, -0.05) is 38.7 Å². The summed E-state index contributed by atoms with van der Waals surface area (Å²) in [4.78, 5) is 0. The van der Waals surface area contributed by atoms with E-state index in [1.807, 2.05) is 0 Å². The lowest BCUT2D eigenvalue weighted by Gasteiger charge is -2.34. The molecule has 0 N–H and O–H groups in total. The van der Waals surface area contributed by atoms with Crippen molar-refractivity contribution < 1.29 is 26.3 Å². The number of hydrogen-bond donors (Lipinski definition) is 0. The Morgan fingerprint density at radius 2 is 1.57 bits per heavy atom. The van der Waals surface area contributed by atoms with Crippen LogP contribution in [0.5, 0.6) is 0 Å². The van der Waals surface area contributed by atoms with Gasteiger partial charge in [-0.15, -0.1) is 0 Å². The predicted octanol–water partition coefficient (Wildman–Crippen LogP) is 7.04. The van der Waals surface area contributed by atoms with Crippen LogP contribution in [0, 0.1) is 29.4 Å². The first-order valence-corrected chi connectivity index (χ1v) is 10.1. The molecule has 6 heteroatoms. The van der Waals surface area contributed by atoms with Crippen molar-refractivity contribution in [2.45, 2.75) is 70.1 Å². The molecule has 3 aliphatic carbocycles. The van der Waals surface area contributed by atoms with Crippen molar-refractivity contribution in [2.24, 2.45) is 17.8 Å². The van der Waals surface area contributed by atoms with Crippen LogP contribution in [0.4, 0.5) is 26.3 Å². The summed E-state index contributed by atoms with van der Waals surface area (Å²) >= 11 is 0. The molecule has 0 nitrogen and oxygen atoms in total. The Hall–Kier alpha value is -1.46. The fourth-order valence-electron chi connectivity index (χ4n) is 5.62. The Kier molecular flexibility index (Phi) is 4.82. The molecular weight excluding hydrogens is 378 g/mol. The third-order valence-electron chi connectivity index (χ3n) is 6.96. The molecule has 1 aromatic rings. The van der Waals surface area contributed by atoms with E-state index >= 15 is 8.78 Å². The second-order valence-corrected chi connectivity index (χ2v) is 8.57. The first-order chi connectivity index (χ1) is 13.2. The van der Waals surface area contributed by atoms with Crippen molar-refractivity contribution in [2.75, 3.05) is 0 Å². The number of benzene rings is 1. The van der Waals surface area contributed by atoms with E-state index in [4.69, 9.17) is 0 Å². The highest BCUT2D eigenvalue weighted by Gasteiger charge is 2.56. The molecule has 1 unspecified atom stereocenters. The highest BCUT2D eigenvalue weighted by molar-refractivity contribution is 5.53. The molecule has 0 radical (unpaired) electrons. The summed E-state index contributed by atoms with van der Waals surface area (Å²) in [7, 11) is 0. The van der Waals surface area contributed by atoms with E-state index in [1.165, 1.54) is 0 Å². The molecule has 1 saturated carbocycles. The smallest absolute Gasteiger partial charge is 0.203 e. The Morgan fingerprint density at radius 1 is 0.929 bits per heavy atom. The molecule has 0 saturated heterocycles. The van der Waals surface area contributed by atoms with Crippen LogP contribution >= 0.6 is 0 Å². The van der Waals surface area contributed by atoms with Crippen LogP contribution in [-0.2, 0) is 24.7 Å². The van der Waals surface area contributed by atoms with Crippen LogP contribution in [0.3, 0.4) is 0 Å². The lowest BCUT2D eigenvalue weighted by molar-refractivity contribution is -0.0844. The molecule has 0 heterocycles. The van der Waals surface area contributed by atoms with Crippen LogP contribution in [0.25, 0.3) is 0 Å². The predicted molar refractivity (Wildman–Crippen MR) is 94.5 cm³/mol. The van der Waals surface area contributed by atoms with Gasteiger partial charge < -0.3 is 0 Å². The lowest BCUT2D eigenvalue weighted by Crippen LogP contribution is -2.32. The maximum atomic E-state index is 15.2. The monoisotopic (exact) mass is 402 g/mol. The van der Waals surface area contributed by atoms with E-state index in [1.54, 1.807) is 0 Å².